The number of aryl methyl sites for hydroxylation is 1. The fourth-order valence-electron chi connectivity index (χ4n) is 5.24. The van der Waals surface area contributed by atoms with E-state index in [1.54, 1.807) is 26.3 Å². The van der Waals surface area contributed by atoms with E-state index >= 15 is 0 Å². The summed E-state index contributed by atoms with van der Waals surface area (Å²) in [6, 6.07) is 18.7. The van der Waals surface area contributed by atoms with E-state index in [0.717, 1.165) is 34.0 Å². The van der Waals surface area contributed by atoms with Gasteiger partial charge in [0.25, 0.3) is 0 Å². The van der Waals surface area contributed by atoms with Crippen LogP contribution in [0.4, 0.5) is 11.4 Å². The van der Waals surface area contributed by atoms with Crippen molar-refractivity contribution in [2.75, 3.05) is 17.3 Å². The molecular formula is C30H29Cl2N5O2S. The van der Waals surface area contributed by atoms with Gasteiger partial charge in [-0.2, -0.15) is 0 Å². The van der Waals surface area contributed by atoms with Gasteiger partial charge in [-0.15, -0.1) is 0 Å². The maximum atomic E-state index is 12.1. The first-order valence-corrected chi connectivity index (χ1v) is 14.0. The lowest BCUT2D eigenvalue weighted by Crippen LogP contribution is -2.29. The zero-order chi connectivity index (χ0) is 28.6. The Kier molecular flexibility index (Phi) is 8.03. The third-order valence-electron chi connectivity index (χ3n) is 7.10. The lowest BCUT2D eigenvalue weighted by molar-refractivity contribution is -0.115. The highest BCUT2D eigenvalue weighted by Gasteiger charge is 2.42. The minimum Gasteiger partial charge on any atom is -0.494 e. The maximum Gasteiger partial charge on any atom is 0.224 e. The van der Waals surface area contributed by atoms with Crippen LogP contribution in [0.5, 0.6) is 5.75 Å². The molecule has 4 aromatic rings. The van der Waals surface area contributed by atoms with Gasteiger partial charge in [0.05, 0.1) is 41.3 Å². The predicted molar refractivity (Wildman–Crippen MR) is 165 cm³/mol. The van der Waals surface area contributed by atoms with Crippen LogP contribution in [-0.4, -0.2) is 27.7 Å². The smallest absolute Gasteiger partial charge is 0.224 e. The van der Waals surface area contributed by atoms with Gasteiger partial charge in [0, 0.05) is 40.8 Å². The summed E-state index contributed by atoms with van der Waals surface area (Å²) >= 11 is 18.8. The number of hydrogen-bond acceptors (Lipinski definition) is 4. The Hall–Kier alpha value is -3.59. The molecule has 3 heterocycles. The number of anilines is 2. The molecule has 0 aliphatic carbocycles. The minimum absolute atomic E-state index is 0.0918. The monoisotopic (exact) mass is 593 g/mol. The van der Waals surface area contributed by atoms with Crippen LogP contribution in [-0.2, 0) is 4.79 Å². The predicted octanol–water partition coefficient (Wildman–Crippen LogP) is 7.33. The number of carbonyl (C=O) groups excluding carboxylic acids is 1. The number of rotatable bonds is 7. The number of aromatic nitrogens is 2. The molecule has 2 aromatic heterocycles. The Morgan fingerprint density at radius 3 is 2.60 bits per heavy atom. The molecule has 2 N–H and O–H groups in total. The van der Waals surface area contributed by atoms with Gasteiger partial charge in [-0.1, -0.05) is 36.2 Å². The van der Waals surface area contributed by atoms with Crippen molar-refractivity contribution in [3.63, 3.8) is 0 Å². The van der Waals surface area contributed by atoms with Gasteiger partial charge in [-0.3, -0.25) is 9.78 Å². The summed E-state index contributed by atoms with van der Waals surface area (Å²) in [7, 11) is 1.58. The molecule has 10 heteroatoms. The van der Waals surface area contributed by atoms with Crippen LogP contribution < -0.4 is 20.3 Å². The van der Waals surface area contributed by atoms with Crippen LogP contribution in [0.15, 0.2) is 66.9 Å². The van der Waals surface area contributed by atoms with E-state index in [-0.39, 0.29) is 18.0 Å². The number of nitrogens with zero attached hydrogens (tertiary/aromatic N) is 3. The number of benzene rings is 2. The van der Waals surface area contributed by atoms with Gasteiger partial charge < -0.3 is 24.8 Å². The number of thiocarbonyl (C=S) groups is 1. The first-order chi connectivity index (χ1) is 19.2. The van der Waals surface area contributed by atoms with E-state index in [1.165, 1.54) is 0 Å². The van der Waals surface area contributed by atoms with Gasteiger partial charge >= 0.3 is 0 Å². The number of nitrogens with one attached hydrogen (secondary N) is 2. The third-order valence-corrected chi connectivity index (χ3v) is 7.95. The number of ether oxygens (including phenoxy) is 1. The molecule has 0 saturated carbocycles. The zero-order valence-electron chi connectivity index (χ0n) is 22.5. The van der Waals surface area contributed by atoms with Crippen molar-refractivity contribution in [1.82, 2.24) is 14.9 Å². The fourth-order valence-corrected chi connectivity index (χ4v) is 6.08. The number of carbonyl (C=O) groups is 1. The Bertz CT molecular complexity index is 1590. The highest BCUT2D eigenvalue weighted by molar-refractivity contribution is 7.80. The van der Waals surface area contributed by atoms with E-state index in [1.807, 2.05) is 48.5 Å². The molecule has 1 saturated heterocycles. The summed E-state index contributed by atoms with van der Waals surface area (Å²) < 4.78 is 7.79. The molecule has 7 nitrogen and oxygen atoms in total. The second-order valence-corrected chi connectivity index (χ2v) is 10.8. The molecule has 1 fully saturated rings. The van der Waals surface area contributed by atoms with Gasteiger partial charge in [0.1, 0.15) is 5.75 Å². The summed E-state index contributed by atoms with van der Waals surface area (Å²) in [4.78, 5) is 18.8. The molecule has 2 aromatic carbocycles. The Balaban J connectivity index is 1.66. The molecule has 1 aliphatic rings. The second-order valence-electron chi connectivity index (χ2n) is 9.54. The van der Waals surface area contributed by atoms with Gasteiger partial charge in [-0.25, -0.2) is 0 Å². The standard InChI is InChI=1S/C30H29Cl2N5O2S/c1-5-27(38)34-23-11-10-20(16-26(23)39-4)37-29(28(35-30(37)40)24-8-6-7-13-33-24)21-14-17(2)36(18(21)3)25-12-9-19(31)15-22(25)32/h6-16,28-29H,5H2,1-4H3,(H,34,38)(H,35,40)/t28-,29+/m1/s1. The molecule has 2 atom stereocenters. The Labute approximate surface area is 249 Å². The van der Waals surface area contributed by atoms with Crippen molar-refractivity contribution >= 4 is 57.8 Å². The number of halogens is 2. The number of methoxy groups -OCH3 is 1. The van der Waals surface area contributed by atoms with Crippen molar-refractivity contribution in [1.29, 1.82) is 0 Å². The SMILES string of the molecule is CCC(=O)Nc1ccc(N2C(=S)N[C@H](c3ccccn3)[C@@H]2c2cc(C)n(-c3ccc(Cl)cc3Cl)c2C)cc1OC. The number of pyridine rings is 1. The van der Waals surface area contributed by atoms with Crippen LogP contribution in [0.25, 0.3) is 5.69 Å². The molecular weight excluding hydrogens is 565 g/mol. The highest BCUT2D eigenvalue weighted by Crippen LogP contribution is 2.45. The van der Waals surface area contributed by atoms with Crippen LogP contribution in [0.2, 0.25) is 10.0 Å². The van der Waals surface area contributed by atoms with E-state index in [4.69, 9.17) is 40.2 Å². The van der Waals surface area contributed by atoms with Crippen LogP contribution in [0.3, 0.4) is 0 Å². The molecule has 1 aliphatic heterocycles. The van der Waals surface area contributed by atoms with Crippen molar-refractivity contribution < 1.29 is 9.53 Å². The van der Waals surface area contributed by atoms with E-state index in [2.05, 4.69) is 45.0 Å². The molecule has 1 amide bonds. The first kappa shape index (κ1) is 28.0. The Morgan fingerprint density at radius 2 is 1.93 bits per heavy atom. The summed E-state index contributed by atoms with van der Waals surface area (Å²) in [6.45, 7) is 5.93. The summed E-state index contributed by atoms with van der Waals surface area (Å²) in [6.07, 6.45) is 2.15. The van der Waals surface area contributed by atoms with Crippen molar-refractivity contribution in [3.8, 4) is 11.4 Å². The summed E-state index contributed by atoms with van der Waals surface area (Å²) in [5.74, 6) is 0.450. The van der Waals surface area contributed by atoms with Crippen molar-refractivity contribution in [3.05, 3.63) is 99.6 Å². The molecule has 0 radical (unpaired) electrons. The van der Waals surface area contributed by atoms with E-state index in [9.17, 15) is 4.79 Å². The topological polar surface area (TPSA) is 71.4 Å². The number of hydrogen-bond donors (Lipinski definition) is 2. The molecule has 206 valence electrons. The first-order valence-electron chi connectivity index (χ1n) is 12.9. The maximum absolute atomic E-state index is 12.1. The molecule has 0 unspecified atom stereocenters. The van der Waals surface area contributed by atoms with Crippen molar-refractivity contribution in [2.24, 2.45) is 0 Å². The van der Waals surface area contributed by atoms with E-state index < -0.39 is 0 Å². The van der Waals surface area contributed by atoms with Gasteiger partial charge in [0.15, 0.2) is 5.11 Å². The van der Waals surface area contributed by atoms with Crippen LogP contribution in [0, 0.1) is 13.8 Å². The lowest BCUT2D eigenvalue weighted by Gasteiger charge is -2.29. The van der Waals surface area contributed by atoms with Crippen LogP contribution in [0.1, 0.15) is 48.1 Å². The molecule has 40 heavy (non-hydrogen) atoms. The quantitative estimate of drug-likeness (QED) is 0.219. The summed E-state index contributed by atoms with van der Waals surface area (Å²) in [5, 5.41) is 8.11. The number of amides is 1. The summed E-state index contributed by atoms with van der Waals surface area (Å²) in [5.41, 5.74) is 6.23. The van der Waals surface area contributed by atoms with Crippen molar-refractivity contribution in [2.45, 2.75) is 39.3 Å². The normalized spacial score (nSPS) is 16.6. The molecule has 0 bridgehead atoms. The second kappa shape index (κ2) is 11.5. The molecule has 0 spiro atoms. The average Bonchev–Trinajstić information content (AvgIpc) is 3.44. The largest absolute Gasteiger partial charge is 0.494 e. The Morgan fingerprint density at radius 1 is 1.12 bits per heavy atom. The van der Waals surface area contributed by atoms with Gasteiger partial charge in [0.2, 0.25) is 5.91 Å². The molecule has 5 rings (SSSR count). The van der Waals surface area contributed by atoms with E-state index in [0.29, 0.717) is 33.0 Å². The third kappa shape index (κ3) is 5.14. The van der Waals surface area contributed by atoms with Crippen LogP contribution >= 0.6 is 35.4 Å². The minimum atomic E-state index is -0.241. The highest BCUT2D eigenvalue weighted by atomic mass is 35.5. The lowest BCUT2D eigenvalue weighted by atomic mass is 9.96. The average molecular weight is 595 g/mol. The fraction of sp³-hybridized carbons (Fsp3) is 0.233. The van der Waals surface area contributed by atoms with Gasteiger partial charge in [-0.05, 0) is 80.2 Å². The zero-order valence-corrected chi connectivity index (χ0v) is 24.9.